The van der Waals surface area contributed by atoms with Crippen LogP contribution in [0.4, 0.5) is 11.4 Å². The first-order chi connectivity index (χ1) is 14.4. The van der Waals surface area contributed by atoms with Gasteiger partial charge < -0.3 is 19.9 Å². The molecule has 0 atom stereocenters. The number of hydrogen-bond donors (Lipinski definition) is 1. The number of carbonyl (C=O) groups is 2. The van der Waals surface area contributed by atoms with Gasteiger partial charge in [-0.1, -0.05) is 36.2 Å². The SMILES string of the molecule is CCC(=O)N1CCN(c2ccc(NC(=O)COc3ccc(C)cc3C)cc2Cl)CC1. The average Bonchev–Trinajstić information content (AvgIpc) is 2.73. The average molecular weight is 430 g/mol. The predicted octanol–water partition coefficient (Wildman–Crippen LogP) is 4.03. The minimum Gasteiger partial charge on any atom is -0.483 e. The number of halogens is 1. The molecule has 160 valence electrons. The number of benzene rings is 2. The molecular weight excluding hydrogens is 402 g/mol. The van der Waals surface area contributed by atoms with Crippen LogP contribution in [-0.2, 0) is 9.59 Å². The number of hydrogen-bond acceptors (Lipinski definition) is 4. The van der Waals surface area contributed by atoms with E-state index in [1.165, 1.54) is 0 Å². The van der Waals surface area contributed by atoms with Crippen LogP contribution in [0.5, 0.6) is 5.75 Å². The predicted molar refractivity (Wildman–Crippen MR) is 121 cm³/mol. The van der Waals surface area contributed by atoms with Gasteiger partial charge in [0.15, 0.2) is 6.61 Å². The Morgan fingerprint density at radius 3 is 2.43 bits per heavy atom. The van der Waals surface area contributed by atoms with Gasteiger partial charge in [-0.25, -0.2) is 0 Å². The number of ether oxygens (including phenoxy) is 1. The molecule has 7 heteroatoms. The zero-order valence-electron chi connectivity index (χ0n) is 17.7. The van der Waals surface area contributed by atoms with Crippen molar-refractivity contribution in [3.8, 4) is 5.75 Å². The highest BCUT2D eigenvalue weighted by molar-refractivity contribution is 6.33. The van der Waals surface area contributed by atoms with E-state index in [0.29, 0.717) is 36.0 Å². The van der Waals surface area contributed by atoms with E-state index in [4.69, 9.17) is 16.3 Å². The molecule has 1 aliphatic heterocycles. The Kier molecular flexibility index (Phi) is 7.21. The fraction of sp³-hybridized carbons (Fsp3) is 0.391. The third kappa shape index (κ3) is 5.45. The van der Waals surface area contributed by atoms with Crippen LogP contribution in [0.3, 0.4) is 0 Å². The standard InChI is InChI=1S/C23H28ClN3O3/c1-4-23(29)27-11-9-26(10-12-27)20-7-6-18(14-19(20)24)25-22(28)15-30-21-8-5-16(2)13-17(21)3/h5-8,13-14H,4,9-12,15H2,1-3H3,(H,25,28). The highest BCUT2D eigenvalue weighted by Crippen LogP contribution is 2.30. The van der Waals surface area contributed by atoms with Crippen molar-refractivity contribution in [3.63, 3.8) is 0 Å². The fourth-order valence-electron chi connectivity index (χ4n) is 3.56. The largest absolute Gasteiger partial charge is 0.483 e. The first kappa shape index (κ1) is 22.0. The van der Waals surface area contributed by atoms with Crippen LogP contribution in [0.15, 0.2) is 36.4 Å². The molecule has 2 aromatic carbocycles. The number of nitrogens with one attached hydrogen (secondary N) is 1. The van der Waals surface area contributed by atoms with Gasteiger partial charge in [-0.2, -0.15) is 0 Å². The smallest absolute Gasteiger partial charge is 0.262 e. The summed E-state index contributed by atoms with van der Waals surface area (Å²) in [6.07, 6.45) is 0.530. The zero-order valence-corrected chi connectivity index (χ0v) is 18.5. The van der Waals surface area contributed by atoms with Gasteiger partial charge in [0, 0.05) is 38.3 Å². The summed E-state index contributed by atoms with van der Waals surface area (Å²) in [5, 5.41) is 3.39. The van der Waals surface area contributed by atoms with E-state index < -0.39 is 0 Å². The van der Waals surface area contributed by atoms with Gasteiger partial charge in [0.25, 0.3) is 5.91 Å². The number of nitrogens with zero attached hydrogens (tertiary/aromatic N) is 2. The minimum absolute atomic E-state index is 0.0727. The van der Waals surface area contributed by atoms with E-state index in [1.54, 1.807) is 6.07 Å². The molecule has 0 spiro atoms. The monoisotopic (exact) mass is 429 g/mol. The summed E-state index contributed by atoms with van der Waals surface area (Å²) in [5.41, 5.74) is 3.68. The Hall–Kier alpha value is -2.73. The summed E-state index contributed by atoms with van der Waals surface area (Å²) >= 11 is 6.48. The molecule has 6 nitrogen and oxygen atoms in total. The lowest BCUT2D eigenvalue weighted by Crippen LogP contribution is -2.48. The van der Waals surface area contributed by atoms with Crippen molar-refractivity contribution >= 4 is 34.8 Å². The van der Waals surface area contributed by atoms with Gasteiger partial charge in [-0.15, -0.1) is 0 Å². The van der Waals surface area contributed by atoms with Crippen LogP contribution in [0, 0.1) is 13.8 Å². The molecule has 0 bridgehead atoms. The quantitative estimate of drug-likeness (QED) is 0.753. The molecular formula is C23H28ClN3O3. The van der Waals surface area contributed by atoms with Gasteiger partial charge in [0.05, 0.1) is 10.7 Å². The maximum atomic E-state index is 12.3. The number of amides is 2. The molecule has 2 amide bonds. The Bertz CT molecular complexity index is 924. The van der Waals surface area contributed by atoms with E-state index in [0.717, 1.165) is 29.9 Å². The van der Waals surface area contributed by atoms with Gasteiger partial charge in [0.1, 0.15) is 5.75 Å². The molecule has 1 fully saturated rings. The second-order valence-corrected chi connectivity index (χ2v) is 7.90. The Balaban J connectivity index is 1.55. The van der Waals surface area contributed by atoms with Crippen LogP contribution in [0.1, 0.15) is 24.5 Å². The van der Waals surface area contributed by atoms with Crippen molar-refractivity contribution < 1.29 is 14.3 Å². The van der Waals surface area contributed by atoms with E-state index >= 15 is 0 Å². The number of rotatable bonds is 6. The summed E-state index contributed by atoms with van der Waals surface area (Å²) in [6.45, 7) is 8.64. The summed E-state index contributed by atoms with van der Waals surface area (Å²) < 4.78 is 5.63. The zero-order chi connectivity index (χ0) is 21.7. The molecule has 0 unspecified atom stereocenters. The molecule has 0 aliphatic carbocycles. The lowest BCUT2D eigenvalue weighted by Gasteiger charge is -2.36. The molecule has 1 aliphatic rings. The normalized spacial score (nSPS) is 13.9. The van der Waals surface area contributed by atoms with Gasteiger partial charge in [-0.3, -0.25) is 9.59 Å². The third-order valence-electron chi connectivity index (χ3n) is 5.20. The molecule has 1 heterocycles. The molecule has 0 saturated carbocycles. The van der Waals surface area contributed by atoms with Crippen molar-refractivity contribution in [2.24, 2.45) is 0 Å². The lowest BCUT2D eigenvalue weighted by atomic mass is 10.1. The summed E-state index contributed by atoms with van der Waals surface area (Å²) in [5.74, 6) is 0.636. The Morgan fingerprint density at radius 1 is 1.07 bits per heavy atom. The van der Waals surface area contributed by atoms with Crippen molar-refractivity contribution in [2.75, 3.05) is 43.0 Å². The number of piperazine rings is 1. The molecule has 0 aromatic heterocycles. The van der Waals surface area contributed by atoms with Gasteiger partial charge >= 0.3 is 0 Å². The molecule has 2 aromatic rings. The van der Waals surface area contributed by atoms with Crippen LogP contribution in [0.25, 0.3) is 0 Å². The highest BCUT2D eigenvalue weighted by atomic mass is 35.5. The maximum Gasteiger partial charge on any atom is 0.262 e. The summed E-state index contributed by atoms with van der Waals surface area (Å²) in [4.78, 5) is 28.1. The van der Waals surface area contributed by atoms with Crippen molar-refractivity contribution in [3.05, 3.63) is 52.5 Å². The topological polar surface area (TPSA) is 61.9 Å². The van der Waals surface area contributed by atoms with Crippen LogP contribution in [0.2, 0.25) is 5.02 Å². The molecule has 0 radical (unpaired) electrons. The summed E-state index contributed by atoms with van der Waals surface area (Å²) in [6, 6.07) is 11.3. The Labute approximate surface area is 182 Å². The number of aryl methyl sites for hydroxylation is 2. The van der Waals surface area contributed by atoms with Crippen LogP contribution < -0.4 is 15.0 Å². The van der Waals surface area contributed by atoms with Crippen LogP contribution in [-0.4, -0.2) is 49.5 Å². The maximum absolute atomic E-state index is 12.3. The van der Waals surface area contributed by atoms with Crippen molar-refractivity contribution in [1.29, 1.82) is 0 Å². The van der Waals surface area contributed by atoms with E-state index in [2.05, 4.69) is 10.2 Å². The molecule has 1 N–H and O–H groups in total. The van der Waals surface area contributed by atoms with Gasteiger partial charge in [0.2, 0.25) is 5.91 Å². The molecule has 30 heavy (non-hydrogen) atoms. The third-order valence-corrected chi connectivity index (χ3v) is 5.50. The fourth-order valence-corrected chi connectivity index (χ4v) is 3.86. The van der Waals surface area contributed by atoms with Crippen molar-refractivity contribution in [2.45, 2.75) is 27.2 Å². The first-order valence-corrected chi connectivity index (χ1v) is 10.6. The van der Waals surface area contributed by atoms with E-state index in [9.17, 15) is 9.59 Å². The highest BCUT2D eigenvalue weighted by Gasteiger charge is 2.21. The Morgan fingerprint density at radius 2 is 1.80 bits per heavy atom. The van der Waals surface area contributed by atoms with Crippen molar-refractivity contribution in [1.82, 2.24) is 4.90 Å². The second-order valence-electron chi connectivity index (χ2n) is 7.49. The number of anilines is 2. The van der Waals surface area contributed by atoms with E-state index in [1.807, 2.05) is 56.0 Å². The molecule has 3 rings (SSSR count). The molecule has 1 saturated heterocycles. The summed E-state index contributed by atoms with van der Waals surface area (Å²) in [7, 11) is 0. The van der Waals surface area contributed by atoms with Gasteiger partial charge in [-0.05, 0) is 43.7 Å². The number of carbonyl (C=O) groups excluding carboxylic acids is 2. The van der Waals surface area contributed by atoms with Crippen LogP contribution >= 0.6 is 11.6 Å². The lowest BCUT2D eigenvalue weighted by molar-refractivity contribution is -0.131. The van der Waals surface area contributed by atoms with E-state index in [-0.39, 0.29) is 18.4 Å². The first-order valence-electron chi connectivity index (χ1n) is 10.2. The second kappa shape index (κ2) is 9.85. The minimum atomic E-state index is -0.245.